The average Bonchev–Trinajstić information content (AvgIpc) is 2.54. The summed E-state index contributed by atoms with van der Waals surface area (Å²) in [6.07, 6.45) is 2.77. The van der Waals surface area contributed by atoms with Gasteiger partial charge >= 0.3 is 0 Å². The molecule has 4 nitrogen and oxygen atoms in total. The highest BCUT2D eigenvalue weighted by atomic mass is 35.5. The zero-order chi connectivity index (χ0) is 16.1. The minimum Gasteiger partial charge on any atom is -0.368 e. The van der Waals surface area contributed by atoms with E-state index in [-0.39, 0.29) is 11.9 Å². The van der Waals surface area contributed by atoms with Gasteiger partial charge in [-0.2, -0.15) is 11.8 Å². The molecule has 1 aromatic rings. The summed E-state index contributed by atoms with van der Waals surface area (Å²) >= 11 is 7.82. The molecule has 6 heteroatoms. The maximum absolute atomic E-state index is 12.3. The van der Waals surface area contributed by atoms with E-state index < -0.39 is 0 Å². The molecule has 1 fully saturated rings. The van der Waals surface area contributed by atoms with E-state index >= 15 is 0 Å². The van der Waals surface area contributed by atoms with Crippen molar-refractivity contribution in [2.75, 3.05) is 43.1 Å². The summed E-state index contributed by atoms with van der Waals surface area (Å²) in [6, 6.07) is 5.57. The van der Waals surface area contributed by atoms with Crippen LogP contribution in [0.15, 0.2) is 18.2 Å². The number of nitrogens with zero attached hydrogens (tertiary/aromatic N) is 2. The van der Waals surface area contributed by atoms with Crippen molar-refractivity contribution in [2.45, 2.75) is 19.4 Å². The van der Waals surface area contributed by atoms with Crippen molar-refractivity contribution in [1.29, 1.82) is 0 Å². The van der Waals surface area contributed by atoms with Crippen LogP contribution < -0.4 is 10.6 Å². The Kier molecular flexibility index (Phi) is 6.41. The number of anilines is 1. The lowest BCUT2D eigenvalue weighted by atomic mass is 10.1. The first-order chi connectivity index (χ1) is 10.5. The quantitative estimate of drug-likeness (QED) is 0.893. The SMILES string of the molecule is CSCC[C@@H](N)C(=O)N1CCN(c2cc(Cl)ccc2C)CC1. The Balaban J connectivity index is 1.92. The lowest BCUT2D eigenvalue weighted by Crippen LogP contribution is -2.53. The number of hydrogen-bond donors (Lipinski definition) is 1. The normalized spacial score (nSPS) is 16.7. The Morgan fingerprint density at radius 2 is 2.05 bits per heavy atom. The Bertz CT molecular complexity index is 518. The first kappa shape index (κ1) is 17.4. The van der Waals surface area contributed by atoms with E-state index in [9.17, 15) is 4.79 Å². The van der Waals surface area contributed by atoms with Crippen LogP contribution in [-0.2, 0) is 4.79 Å². The number of carbonyl (C=O) groups excluding carboxylic acids is 1. The molecular weight excluding hydrogens is 318 g/mol. The molecule has 22 heavy (non-hydrogen) atoms. The molecule has 1 aliphatic heterocycles. The second kappa shape index (κ2) is 8.09. The topological polar surface area (TPSA) is 49.6 Å². The summed E-state index contributed by atoms with van der Waals surface area (Å²) in [5.74, 6) is 1.01. The van der Waals surface area contributed by atoms with Gasteiger partial charge in [0, 0.05) is 36.9 Å². The molecule has 0 spiro atoms. The highest BCUT2D eigenvalue weighted by Crippen LogP contribution is 2.25. The van der Waals surface area contributed by atoms with Crippen molar-refractivity contribution in [3.05, 3.63) is 28.8 Å². The van der Waals surface area contributed by atoms with Gasteiger partial charge in [0.15, 0.2) is 0 Å². The summed E-state index contributed by atoms with van der Waals surface area (Å²) in [7, 11) is 0. The summed E-state index contributed by atoms with van der Waals surface area (Å²) in [4.78, 5) is 16.5. The maximum atomic E-state index is 12.3. The highest BCUT2D eigenvalue weighted by molar-refractivity contribution is 7.98. The molecule has 0 radical (unpaired) electrons. The fourth-order valence-corrected chi connectivity index (χ4v) is 3.35. The lowest BCUT2D eigenvalue weighted by Gasteiger charge is -2.37. The number of halogens is 1. The van der Waals surface area contributed by atoms with Crippen LogP contribution in [0.25, 0.3) is 0 Å². The zero-order valence-corrected chi connectivity index (χ0v) is 14.8. The molecule has 0 aromatic heterocycles. The van der Waals surface area contributed by atoms with Gasteiger partial charge in [0.2, 0.25) is 5.91 Å². The van der Waals surface area contributed by atoms with Gasteiger partial charge in [-0.1, -0.05) is 17.7 Å². The maximum Gasteiger partial charge on any atom is 0.239 e. The molecule has 1 atom stereocenters. The monoisotopic (exact) mass is 341 g/mol. The molecule has 122 valence electrons. The third-order valence-corrected chi connectivity index (χ3v) is 4.93. The standard InChI is InChI=1S/C16H24ClN3OS/c1-12-3-4-13(17)11-15(12)19-6-8-20(9-7-19)16(21)14(18)5-10-22-2/h3-4,11,14H,5-10,18H2,1-2H3/t14-/m1/s1. The lowest BCUT2D eigenvalue weighted by molar-refractivity contribution is -0.132. The molecule has 0 saturated carbocycles. The number of piperazine rings is 1. The van der Waals surface area contributed by atoms with Gasteiger partial charge in [-0.3, -0.25) is 4.79 Å². The van der Waals surface area contributed by atoms with Gasteiger partial charge in [-0.25, -0.2) is 0 Å². The van der Waals surface area contributed by atoms with E-state index in [0.717, 1.165) is 49.1 Å². The largest absolute Gasteiger partial charge is 0.368 e. The van der Waals surface area contributed by atoms with Crippen molar-refractivity contribution < 1.29 is 4.79 Å². The molecule has 0 bridgehead atoms. The number of rotatable bonds is 5. The van der Waals surface area contributed by atoms with E-state index in [1.165, 1.54) is 5.56 Å². The molecule has 0 unspecified atom stereocenters. The average molecular weight is 342 g/mol. The summed E-state index contributed by atoms with van der Waals surface area (Å²) in [6.45, 7) is 5.17. The minimum absolute atomic E-state index is 0.0801. The van der Waals surface area contributed by atoms with Crippen molar-refractivity contribution in [3.8, 4) is 0 Å². The summed E-state index contributed by atoms with van der Waals surface area (Å²) < 4.78 is 0. The van der Waals surface area contributed by atoms with Crippen LogP contribution in [0.4, 0.5) is 5.69 Å². The summed E-state index contributed by atoms with van der Waals surface area (Å²) in [5.41, 5.74) is 8.36. The fourth-order valence-electron chi connectivity index (χ4n) is 2.69. The number of thioether (sulfide) groups is 1. The van der Waals surface area contributed by atoms with E-state index in [0.29, 0.717) is 0 Å². The van der Waals surface area contributed by atoms with E-state index in [4.69, 9.17) is 17.3 Å². The first-order valence-corrected chi connectivity index (χ1v) is 9.34. The molecule has 1 heterocycles. The number of nitrogens with two attached hydrogens (primary N) is 1. The van der Waals surface area contributed by atoms with Crippen molar-refractivity contribution in [3.63, 3.8) is 0 Å². The number of aryl methyl sites for hydroxylation is 1. The number of hydrogen-bond acceptors (Lipinski definition) is 4. The second-order valence-corrected chi connectivity index (χ2v) is 7.05. The van der Waals surface area contributed by atoms with Crippen LogP contribution in [0.2, 0.25) is 5.02 Å². The second-order valence-electron chi connectivity index (χ2n) is 5.63. The smallest absolute Gasteiger partial charge is 0.239 e. The van der Waals surface area contributed by atoms with Crippen molar-refractivity contribution in [1.82, 2.24) is 4.90 Å². The van der Waals surface area contributed by atoms with Gasteiger partial charge < -0.3 is 15.5 Å². The van der Waals surface area contributed by atoms with Gasteiger partial charge in [-0.05, 0) is 43.0 Å². The number of benzene rings is 1. The van der Waals surface area contributed by atoms with Crippen LogP contribution >= 0.6 is 23.4 Å². The molecule has 0 aliphatic carbocycles. The Morgan fingerprint density at radius 3 is 2.68 bits per heavy atom. The number of carbonyl (C=O) groups is 1. The molecule has 1 aromatic carbocycles. The van der Waals surface area contributed by atoms with E-state index in [1.54, 1.807) is 11.8 Å². The van der Waals surface area contributed by atoms with E-state index in [2.05, 4.69) is 11.8 Å². The molecule has 2 N–H and O–H groups in total. The van der Waals surface area contributed by atoms with Gasteiger partial charge in [0.05, 0.1) is 6.04 Å². The Labute approximate surface area is 142 Å². The van der Waals surface area contributed by atoms with E-state index in [1.807, 2.05) is 29.4 Å². The third kappa shape index (κ3) is 4.31. The van der Waals surface area contributed by atoms with Crippen LogP contribution in [0, 0.1) is 6.92 Å². The molecule has 2 rings (SSSR count). The predicted octanol–water partition coefficient (Wildman–Crippen LogP) is 2.38. The van der Waals surface area contributed by atoms with Crippen LogP contribution in [0.1, 0.15) is 12.0 Å². The van der Waals surface area contributed by atoms with Gasteiger partial charge in [-0.15, -0.1) is 0 Å². The van der Waals surface area contributed by atoms with Crippen molar-refractivity contribution >= 4 is 35.0 Å². The van der Waals surface area contributed by atoms with Gasteiger partial charge in [0.25, 0.3) is 0 Å². The van der Waals surface area contributed by atoms with Crippen LogP contribution in [0.3, 0.4) is 0 Å². The Morgan fingerprint density at radius 1 is 1.36 bits per heavy atom. The first-order valence-electron chi connectivity index (χ1n) is 7.57. The van der Waals surface area contributed by atoms with Crippen LogP contribution in [-0.4, -0.2) is 55.0 Å². The third-order valence-electron chi connectivity index (χ3n) is 4.05. The predicted molar refractivity (Wildman–Crippen MR) is 96.0 cm³/mol. The Hall–Kier alpha value is -0.910. The summed E-state index contributed by atoms with van der Waals surface area (Å²) in [5, 5.41) is 0.748. The van der Waals surface area contributed by atoms with Gasteiger partial charge in [0.1, 0.15) is 0 Å². The molecule has 1 saturated heterocycles. The zero-order valence-electron chi connectivity index (χ0n) is 13.2. The molecule has 1 aliphatic rings. The highest BCUT2D eigenvalue weighted by Gasteiger charge is 2.25. The minimum atomic E-state index is -0.369. The van der Waals surface area contributed by atoms with Crippen molar-refractivity contribution in [2.24, 2.45) is 5.73 Å². The molecule has 1 amide bonds. The van der Waals surface area contributed by atoms with Crippen LogP contribution in [0.5, 0.6) is 0 Å². The molecular formula is C16H24ClN3OS. The fraction of sp³-hybridized carbons (Fsp3) is 0.562. The number of amides is 1.